The van der Waals surface area contributed by atoms with Crippen LogP contribution in [0.4, 0.5) is 0 Å². The van der Waals surface area contributed by atoms with Crippen LogP contribution in [0.25, 0.3) is 0 Å². The van der Waals surface area contributed by atoms with Gasteiger partial charge in [-0.25, -0.2) is 0 Å². The summed E-state index contributed by atoms with van der Waals surface area (Å²) in [7, 11) is 1.33. The molecule has 86 valence electrons. The molecule has 1 atom stereocenters. The smallest absolute Gasteiger partial charge is 0.319 e. The Kier molecular flexibility index (Phi) is 5.05. The van der Waals surface area contributed by atoms with Crippen LogP contribution in [0.1, 0.15) is 12.5 Å². The SMILES string of the molecule is COC(=O)[C@H](Cc1ccccc1)SC(C)=O. The van der Waals surface area contributed by atoms with Gasteiger partial charge in [0.15, 0.2) is 5.12 Å². The molecule has 0 saturated heterocycles. The Morgan fingerprint density at radius 3 is 2.44 bits per heavy atom. The largest absolute Gasteiger partial charge is 0.468 e. The van der Waals surface area contributed by atoms with Crippen LogP contribution < -0.4 is 0 Å². The number of rotatable bonds is 4. The predicted octanol–water partition coefficient (Wildman–Crippen LogP) is 2.05. The molecule has 16 heavy (non-hydrogen) atoms. The van der Waals surface area contributed by atoms with Gasteiger partial charge in [0.05, 0.1) is 7.11 Å². The van der Waals surface area contributed by atoms with Crippen molar-refractivity contribution in [1.82, 2.24) is 0 Å². The van der Waals surface area contributed by atoms with Crippen LogP contribution >= 0.6 is 11.8 Å². The summed E-state index contributed by atoms with van der Waals surface area (Å²) in [6, 6.07) is 9.58. The van der Waals surface area contributed by atoms with Crippen molar-refractivity contribution in [2.24, 2.45) is 0 Å². The predicted molar refractivity (Wildman–Crippen MR) is 64.2 cm³/mol. The highest BCUT2D eigenvalue weighted by Crippen LogP contribution is 2.18. The van der Waals surface area contributed by atoms with Gasteiger partial charge in [0.1, 0.15) is 5.25 Å². The van der Waals surface area contributed by atoms with E-state index in [0.29, 0.717) is 6.42 Å². The van der Waals surface area contributed by atoms with E-state index >= 15 is 0 Å². The second-order valence-corrected chi connectivity index (χ2v) is 4.69. The van der Waals surface area contributed by atoms with Crippen molar-refractivity contribution < 1.29 is 14.3 Å². The van der Waals surface area contributed by atoms with Crippen molar-refractivity contribution in [3.63, 3.8) is 0 Å². The minimum atomic E-state index is -0.454. The second kappa shape index (κ2) is 6.33. The van der Waals surface area contributed by atoms with Crippen molar-refractivity contribution in [3.05, 3.63) is 35.9 Å². The number of esters is 1. The molecule has 0 heterocycles. The number of benzene rings is 1. The summed E-state index contributed by atoms with van der Waals surface area (Å²) in [6.45, 7) is 1.45. The first kappa shape index (κ1) is 12.8. The van der Waals surface area contributed by atoms with Crippen LogP contribution in [0, 0.1) is 0 Å². The fourth-order valence-corrected chi connectivity index (χ4v) is 2.20. The van der Waals surface area contributed by atoms with Gasteiger partial charge in [-0.15, -0.1) is 0 Å². The molecule has 1 rings (SSSR count). The minimum absolute atomic E-state index is 0.0775. The summed E-state index contributed by atoms with van der Waals surface area (Å²) in [5.41, 5.74) is 1.02. The number of carbonyl (C=O) groups is 2. The van der Waals surface area contributed by atoms with Crippen LogP contribution in [-0.4, -0.2) is 23.4 Å². The van der Waals surface area contributed by atoms with Crippen molar-refractivity contribution in [2.45, 2.75) is 18.6 Å². The van der Waals surface area contributed by atoms with E-state index in [1.165, 1.54) is 14.0 Å². The summed E-state index contributed by atoms with van der Waals surface area (Å²) < 4.78 is 4.67. The molecule has 0 aliphatic rings. The van der Waals surface area contributed by atoms with Gasteiger partial charge in [-0.3, -0.25) is 9.59 Å². The lowest BCUT2D eigenvalue weighted by molar-refractivity contribution is -0.140. The maximum Gasteiger partial charge on any atom is 0.319 e. The Balaban J connectivity index is 2.70. The number of carbonyl (C=O) groups excluding carboxylic acids is 2. The summed E-state index contributed by atoms with van der Waals surface area (Å²) in [4.78, 5) is 22.5. The highest BCUT2D eigenvalue weighted by molar-refractivity contribution is 8.14. The summed E-state index contributed by atoms with van der Waals surface area (Å²) >= 11 is 1.01. The molecule has 1 aromatic rings. The zero-order valence-electron chi connectivity index (χ0n) is 9.30. The van der Waals surface area contributed by atoms with Gasteiger partial charge in [0.2, 0.25) is 0 Å². The third-order valence-electron chi connectivity index (χ3n) is 2.04. The lowest BCUT2D eigenvalue weighted by Gasteiger charge is -2.12. The molecule has 0 saturated carbocycles. The van der Waals surface area contributed by atoms with Crippen LogP contribution in [0.15, 0.2) is 30.3 Å². The highest BCUT2D eigenvalue weighted by atomic mass is 32.2. The van der Waals surface area contributed by atoms with Crippen molar-refractivity contribution in [2.75, 3.05) is 7.11 Å². The summed E-state index contributed by atoms with van der Waals surface area (Å²) in [5, 5.41) is -0.531. The number of thioether (sulfide) groups is 1. The molecule has 0 unspecified atom stereocenters. The average Bonchev–Trinajstić information content (AvgIpc) is 2.28. The summed E-state index contributed by atoms with van der Waals surface area (Å²) in [5.74, 6) is -0.357. The van der Waals surface area contributed by atoms with Gasteiger partial charge in [0, 0.05) is 6.92 Å². The highest BCUT2D eigenvalue weighted by Gasteiger charge is 2.22. The van der Waals surface area contributed by atoms with E-state index in [1.807, 2.05) is 30.3 Å². The van der Waals surface area contributed by atoms with Crippen LogP contribution in [0.5, 0.6) is 0 Å². The van der Waals surface area contributed by atoms with Gasteiger partial charge in [-0.1, -0.05) is 42.1 Å². The fraction of sp³-hybridized carbons (Fsp3) is 0.333. The fourth-order valence-electron chi connectivity index (χ4n) is 1.33. The van der Waals surface area contributed by atoms with Crippen molar-refractivity contribution in [1.29, 1.82) is 0 Å². The van der Waals surface area contributed by atoms with Gasteiger partial charge >= 0.3 is 5.97 Å². The Morgan fingerprint density at radius 2 is 1.94 bits per heavy atom. The number of methoxy groups -OCH3 is 1. The van der Waals surface area contributed by atoms with E-state index in [4.69, 9.17) is 0 Å². The summed E-state index contributed by atoms with van der Waals surface area (Å²) in [6.07, 6.45) is 0.512. The topological polar surface area (TPSA) is 43.4 Å². The molecule has 0 fully saturated rings. The molecule has 0 aliphatic heterocycles. The van der Waals surface area contributed by atoms with E-state index in [0.717, 1.165) is 17.3 Å². The van der Waals surface area contributed by atoms with Gasteiger partial charge in [-0.05, 0) is 12.0 Å². The molecular weight excluding hydrogens is 224 g/mol. The first-order chi connectivity index (χ1) is 7.63. The lowest BCUT2D eigenvalue weighted by Crippen LogP contribution is -2.22. The maximum atomic E-state index is 11.5. The average molecular weight is 238 g/mol. The van der Waals surface area contributed by atoms with Gasteiger partial charge in [0.25, 0.3) is 0 Å². The van der Waals surface area contributed by atoms with Gasteiger partial charge in [-0.2, -0.15) is 0 Å². The van der Waals surface area contributed by atoms with E-state index in [-0.39, 0.29) is 11.1 Å². The monoisotopic (exact) mass is 238 g/mol. The van der Waals surface area contributed by atoms with Gasteiger partial charge < -0.3 is 4.74 Å². The van der Waals surface area contributed by atoms with Crippen LogP contribution in [-0.2, 0) is 20.7 Å². The second-order valence-electron chi connectivity index (χ2n) is 3.31. The number of ether oxygens (including phenoxy) is 1. The normalized spacial score (nSPS) is 11.9. The minimum Gasteiger partial charge on any atom is -0.468 e. The number of hydrogen-bond donors (Lipinski definition) is 0. The van der Waals surface area contributed by atoms with E-state index in [1.54, 1.807) is 0 Å². The van der Waals surface area contributed by atoms with E-state index in [2.05, 4.69) is 4.74 Å². The van der Waals surface area contributed by atoms with Crippen LogP contribution in [0.3, 0.4) is 0 Å². The standard InChI is InChI=1S/C12H14O3S/c1-9(13)16-11(12(14)15-2)8-10-6-4-3-5-7-10/h3-7,11H,8H2,1-2H3/t11-/m0/s1. The molecule has 0 amide bonds. The quantitative estimate of drug-likeness (QED) is 0.753. The number of hydrogen-bond acceptors (Lipinski definition) is 4. The Bertz CT molecular complexity index is 362. The Labute approximate surface area is 99.2 Å². The third kappa shape index (κ3) is 4.06. The molecule has 4 heteroatoms. The lowest BCUT2D eigenvalue weighted by atomic mass is 10.1. The molecule has 1 aromatic carbocycles. The third-order valence-corrected chi connectivity index (χ3v) is 3.01. The molecule has 0 radical (unpaired) electrons. The zero-order valence-corrected chi connectivity index (χ0v) is 10.1. The molecule has 0 aromatic heterocycles. The molecule has 0 spiro atoms. The van der Waals surface area contributed by atoms with E-state index in [9.17, 15) is 9.59 Å². The first-order valence-corrected chi connectivity index (χ1v) is 5.80. The Morgan fingerprint density at radius 1 is 1.31 bits per heavy atom. The van der Waals surface area contributed by atoms with Crippen molar-refractivity contribution >= 4 is 22.8 Å². The maximum absolute atomic E-state index is 11.5. The molecule has 3 nitrogen and oxygen atoms in total. The first-order valence-electron chi connectivity index (χ1n) is 4.92. The molecule has 0 aliphatic carbocycles. The zero-order chi connectivity index (χ0) is 12.0. The van der Waals surface area contributed by atoms with Crippen LogP contribution in [0.2, 0.25) is 0 Å². The molecule has 0 bridgehead atoms. The van der Waals surface area contributed by atoms with Crippen molar-refractivity contribution in [3.8, 4) is 0 Å². The molecular formula is C12H14O3S. The molecule has 0 N–H and O–H groups in total. The Hall–Kier alpha value is -1.29. The van der Waals surface area contributed by atoms with E-state index < -0.39 is 5.25 Å².